The fourth-order valence-corrected chi connectivity index (χ4v) is 2.77. The van der Waals surface area contributed by atoms with Crippen LogP contribution in [0.1, 0.15) is 19.8 Å². The van der Waals surface area contributed by atoms with Crippen LogP contribution in [-0.2, 0) is 4.79 Å². The first kappa shape index (κ1) is 13.8. The number of aliphatic hydroxyl groups excluding tert-OH is 1. The van der Waals surface area contributed by atoms with Crippen molar-refractivity contribution in [3.05, 3.63) is 0 Å². The number of rotatable bonds is 5. The van der Waals surface area contributed by atoms with Gasteiger partial charge in [-0.2, -0.15) is 0 Å². The summed E-state index contributed by atoms with van der Waals surface area (Å²) in [5.41, 5.74) is 0. The van der Waals surface area contributed by atoms with Crippen LogP contribution < -0.4 is 5.32 Å². The average molecular weight is 246 g/mol. The van der Waals surface area contributed by atoms with E-state index in [9.17, 15) is 4.79 Å². The third-order valence-corrected chi connectivity index (χ3v) is 4.40. The number of carbonyl (C=O) groups excluding carboxylic acids is 1. The van der Waals surface area contributed by atoms with Gasteiger partial charge in [0.1, 0.15) is 0 Å². The van der Waals surface area contributed by atoms with Gasteiger partial charge in [0.15, 0.2) is 0 Å². The minimum Gasteiger partial charge on any atom is -0.394 e. The maximum absolute atomic E-state index is 11.8. The van der Waals surface area contributed by atoms with E-state index in [1.807, 2.05) is 6.92 Å². The Hall–Kier alpha value is -0.260. The summed E-state index contributed by atoms with van der Waals surface area (Å²) in [6, 6.07) is -0.0823. The van der Waals surface area contributed by atoms with Gasteiger partial charge in [0, 0.05) is 12.3 Å². The average Bonchev–Trinajstić information content (AvgIpc) is 2.35. The normalized spacial score (nSPS) is 19.4. The Morgan fingerprint density at radius 1 is 1.56 bits per heavy atom. The minimum atomic E-state index is -0.0823. The summed E-state index contributed by atoms with van der Waals surface area (Å²) in [7, 11) is 1.76. The number of piperidine rings is 1. The van der Waals surface area contributed by atoms with Crippen LogP contribution in [0.5, 0.6) is 0 Å². The molecule has 16 heavy (non-hydrogen) atoms. The van der Waals surface area contributed by atoms with Crippen LogP contribution >= 0.6 is 11.8 Å². The predicted molar refractivity (Wildman–Crippen MR) is 67.7 cm³/mol. The zero-order chi connectivity index (χ0) is 12.0. The molecule has 0 radical (unpaired) electrons. The number of thioether (sulfide) groups is 1. The largest absolute Gasteiger partial charge is 0.394 e. The number of carbonyl (C=O) groups is 1. The van der Waals surface area contributed by atoms with Crippen LogP contribution in [0.25, 0.3) is 0 Å². The van der Waals surface area contributed by atoms with Crippen LogP contribution in [0.15, 0.2) is 0 Å². The molecular formula is C11H22N2O2S. The summed E-state index contributed by atoms with van der Waals surface area (Å²) in [6.07, 6.45) is 2.30. The zero-order valence-corrected chi connectivity index (χ0v) is 10.9. The lowest BCUT2D eigenvalue weighted by Gasteiger charge is -2.25. The smallest absolute Gasteiger partial charge is 0.232 e. The molecule has 1 heterocycles. The second-order valence-corrected chi connectivity index (χ2v) is 5.59. The molecule has 1 amide bonds. The number of nitrogens with one attached hydrogen (secondary N) is 1. The molecule has 0 aromatic heterocycles. The second-order valence-electron chi connectivity index (χ2n) is 4.30. The summed E-state index contributed by atoms with van der Waals surface area (Å²) in [4.78, 5) is 13.4. The summed E-state index contributed by atoms with van der Waals surface area (Å²) in [5, 5.41) is 12.9. The minimum absolute atomic E-state index is 0.0280. The van der Waals surface area contributed by atoms with E-state index < -0.39 is 0 Å². The molecule has 5 heteroatoms. The van der Waals surface area contributed by atoms with Crippen molar-refractivity contribution in [3.8, 4) is 0 Å². The highest BCUT2D eigenvalue weighted by Crippen LogP contribution is 2.20. The highest BCUT2D eigenvalue weighted by molar-refractivity contribution is 8.00. The Kier molecular flexibility index (Phi) is 6.16. The molecule has 1 aliphatic rings. The fourth-order valence-electron chi connectivity index (χ4n) is 1.62. The van der Waals surface area contributed by atoms with E-state index in [4.69, 9.17) is 5.11 Å². The van der Waals surface area contributed by atoms with E-state index in [1.54, 1.807) is 23.7 Å². The Balaban J connectivity index is 2.23. The summed E-state index contributed by atoms with van der Waals surface area (Å²) >= 11 is 1.75. The van der Waals surface area contributed by atoms with E-state index in [0.717, 1.165) is 25.9 Å². The van der Waals surface area contributed by atoms with Crippen molar-refractivity contribution in [3.63, 3.8) is 0 Å². The van der Waals surface area contributed by atoms with Gasteiger partial charge in [0.2, 0.25) is 5.91 Å². The standard InChI is InChI=1S/C11H22N2O2S/c1-9(7-14)13(2)11(15)8-16-10-3-5-12-6-4-10/h9-10,12,14H,3-8H2,1-2H3. The number of hydrogen-bond donors (Lipinski definition) is 2. The first-order valence-electron chi connectivity index (χ1n) is 5.84. The lowest BCUT2D eigenvalue weighted by Crippen LogP contribution is -2.39. The lowest BCUT2D eigenvalue weighted by molar-refractivity contribution is -0.129. The Bertz CT molecular complexity index is 220. The van der Waals surface area contributed by atoms with E-state index >= 15 is 0 Å². The molecule has 94 valence electrons. The zero-order valence-electron chi connectivity index (χ0n) is 10.1. The van der Waals surface area contributed by atoms with Crippen LogP contribution in [0.2, 0.25) is 0 Å². The van der Waals surface area contributed by atoms with Gasteiger partial charge in [0.25, 0.3) is 0 Å². The van der Waals surface area contributed by atoms with Gasteiger partial charge in [0.05, 0.1) is 18.4 Å². The maximum Gasteiger partial charge on any atom is 0.232 e. The fraction of sp³-hybridized carbons (Fsp3) is 0.909. The molecule has 0 spiro atoms. The second kappa shape index (κ2) is 7.14. The maximum atomic E-state index is 11.8. The summed E-state index contributed by atoms with van der Waals surface area (Å²) < 4.78 is 0. The van der Waals surface area contributed by atoms with Gasteiger partial charge in [-0.1, -0.05) is 0 Å². The number of nitrogens with zero attached hydrogens (tertiary/aromatic N) is 1. The van der Waals surface area contributed by atoms with Crippen LogP contribution in [0, 0.1) is 0 Å². The van der Waals surface area contributed by atoms with Crippen LogP contribution in [0.3, 0.4) is 0 Å². The molecule has 1 unspecified atom stereocenters. The highest BCUT2D eigenvalue weighted by atomic mass is 32.2. The van der Waals surface area contributed by atoms with Gasteiger partial charge in [-0.15, -0.1) is 11.8 Å². The molecule has 0 aromatic rings. The topological polar surface area (TPSA) is 52.6 Å². The number of hydrogen-bond acceptors (Lipinski definition) is 4. The third-order valence-electron chi connectivity index (χ3n) is 3.05. The molecular weight excluding hydrogens is 224 g/mol. The van der Waals surface area contributed by atoms with Gasteiger partial charge < -0.3 is 15.3 Å². The predicted octanol–water partition coefficient (Wildman–Crippen LogP) is 0.311. The Morgan fingerprint density at radius 2 is 2.19 bits per heavy atom. The van der Waals surface area contributed by atoms with Crippen LogP contribution in [-0.4, -0.2) is 59.7 Å². The summed E-state index contributed by atoms with van der Waals surface area (Å²) in [6.45, 7) is 4.01. The molecule has 0 bridgehead atoms. The SMILES string of the molecule is CC(CO)N(C)C(=O)CSC1CCNCC1. The number of amides is 1. The van der Waals surface area contributed by atoms with Crippen molar-refractivity contribution in [2.45, 2.75) is 31.1 Å². The monoisotopic (exact) mass is 246 g/mol. The molecule has 1 aliphatic heterocycles. The first-order valence-corrected chi connectivity index (χ1v) is 6.89. The number of likely N-dealkylation sites (N-methyl/N-ethyl adjacent to an activating group) is 1. The van der Waals surface area contributed by atoms with Crippen molar-refractivity contribution < 1.29 is 9.90 Å². The quantitative estimate of drug-likeness (QED) is 0.733. The molecule has 0 aliphatic carbocycles. The molecule has 0 saturated carbocycles. The third kappa shape index (κ3) is 4.31. The van der Waals surface area contributed by atoms with Crippen LogP contribution in [0.4, 0.5) is 0 Å². The molecule has 4 nitrogen and oxygen atoms in total. The van der Waals surface area contributed by atoms with Gasteiger partial charge in [-0.25, -0.2) is 0 Å². The van der Waals surface area contributed by atoms with Crippen molar-refractivity contribution in [1.82, 2.24) is 10.2 Å². The summed E-state index contributed by atoms with van der Waals surface area (Å²) in [5.74, 6) is 0.649. The Morgan fingerprint density at radius 3 is 2.75 bits per heavy atom. The number of aliphatic hydroxyl groups is 1. The van der Waals surface area contributed by atoms with E-state index in [0.29, 0.717) is 11.0 Å². The molecule has 2 N–H and O–H groups in total. The molecule has 1 rings (SSSR count). The van der Waals surface area contributed by atoms with Gasteiger partial charge in [-0.05, 0) is 32.9 Å². The van der Waals surface area contributed by atoms with Crippen molar-refractivity contribution in [1.29, 1.82) is 0 Å². The van der Waals surface area contributed by atoms with Gasteiger partial charge >= 0.3 is 0 Å². The lowest BCUT2D eigenvalue weighted by atomic mass is 10.2. The molecule has 0 aromatic carbocycles. The molecule has 1 atom stereocenters. The van der Waals surface area contributed by atoms with E-state index in [1.165, 1.54) is 0 Å². The molecule has 1 fully saturated rings. The van der Waals surface area contributed by atoms with Crippen molar-refractivity contribution >= 4 is 17.7 Å². The van der Waals surface area contributed by atoms with E-state index in [-0.39, 0.29) is 18.6 Å². The first-order chi connectivity index (χ1) is 7.65. The highest BCUT2D eigenvalue weighted by Gasteiger charge is 2.18. The van der Waals surface area contributed by atoms with Crippen molar-refractivity contribution in [2.75, 3.05) is 32.5 Å². The van der Waals surface area contributed by atoms with E-state index in [2.05, 4.69) is 5.32 Å². The Labute approximate surface area is 102 Å². The van der Waals surface area contributed by atoms with Gasteiger partial charge in [-0.3, -0.25) is 4.79 Å². The van der Waals surface area contributed by atoms with Crippen molar-refractivity contribution in [2.24, 2.45) is 0 Å². The molecule has 1 saturated heterocycles.